The smallest absolute Gasteiger partial charge is 0.410 e. The van der Waals surface area contributed by atoms with E-state index in [9.17, 15) is 9.59 Å². The fraction of sp³-hybridized carbons (Fsp3) is 0.500. The summed E-state index contributed by atoms with van der Waals surface area (Å²) in [6, 6.07) is 16.8. The molecule has 2 heterocycles. The molecule has 0 bridgehead atoms. The van der Waals surface area contributed by atoms with Crippen LogP contribution in [-0.4, -0.2) is 54.7 Å². The molecular formula is C28H38N4O3. The molecule has 7 heteroatoms. The zero-order chi connectivity index (χ0) is 25.3. The number of fused-ring (bicyclic) bond motifs is 1. The predicted molar refractivity (Wildman–Crippen MR) is 141 cm³/mol. The molecule has 0 saturated carbocycles. The molecule has 1 fully saturated rings. The summed E-state index contributed by atoms with van der Waals surface area (Å²) in [5.41, 5.74) is 3.77. The summed E-state index contributed by atoms with van der Waals surface area (Å²) in [5.74, 6) is 0.272. The number of carbonyl (C=O) groups is 2. The van der Waals surface area contributed by atoms with Crippen LogP contribution in [0, 0.1) is 5.92 Å². The third-order valence-electron chi connectivity index (χ3n) is 7.03. The van der Waals surface area contributed by atoms with E-state index < -0.39 is 5.60 Å². The summed E-state index contributed by atoms with van der Waals surface area (Å²) >= 11 is 0. The summed E-state index contributed by atoms with van der Waals surface area (Å²) in [4.78, 5) is 31.1. The van der Waals surface area contributed by atoms with Crippen LogP contribution in [0.3, 0.4) is 0 Å². The minimum absolute atomic E-state index is 0.0579. The van der Waals surface area contributed by atoms with Gasteiger partial charge in [0.15, 0.2) is 0 Å². The second-order valence-electron chi connectivity index (χ2n) is 10.7. The van der Waals surface area contributed by atoms with Gasteiger partial charge in [-0.2, -0.15) is 0 Å². The van der Waals surface area contributed by atoms with Gasteiger partial charge in [0.25, 0.3) is 0 Å². The third-order valence-corrected chi connectivity index (χ3v) is 7.03. The Morgan fingerprint density at radius 2 is 1.63 bits per heavy atom. The molecule has 0 spiro atoms. The highest BCUT2D eigenvalue weighted by molar-refractivity contribution is 5.94. The molecule has 0 aromatic heterocycles. The van der Waals surface area contributed by atoms with Crippen LogP contribution in [0.15, 0.2) is 48.5 Å². The Labute approximate surface area is 209 Å². The van der Waals surface area contributed by atoms with E-state index in [1.54, 1.807) is 11.8 Å². The molecule has 3 atom stereocenters. The maximum atomic E-state index is 12.6. The van der Waals surface area contributed by atoms with Gasteiger partial charge in [-0.25, -0.2) is 4.79 Å². The van der Waals surface area contributed by atoms with Crippen LogP contribution in [0.2, 0.25) is 0 Å². The summed E-state index contributed by atoms with van der Waals surface area (Å²) < 4.78 is 5.54. The van der Waals surface area contributed by atoms with Crippen molar-refractivity contribution in [2.75, 3.05) is 41.3 Å². The van der Waals surface area contributed by atoms with Gasteiger partial charge in [-0.1, -0.05) is 25.1 Å². The van der Waals surface area contributed by atoms with Gasteiger partial charge in [0.05, 0.1) is 6.04 Å². The Hall–Kier alpha value is -3.22. The fourth-order valence-corrected chi connectivity index (χ4v) is 5.08. The van der Waals surface area contributed by atoms with Gasteiger partial charge in [-0.3, -0.25) is 4.79 Å². The van der Waals surface area contributed by atoms with E-state index in [1.807, 2.05) is 43.9 Å². The molecule has 35 heavy (non-hydrogen) atoms. The maximum Gasteiger partial charge on any atom is 0.410 e. The SMILES string of the molecule is CC(=O)N1c2ccc(N3CCN(C(=O)OC(C)(C)C)CC3)cc2C(Nc2ccccc2)C(C)[C@@H]1C. The first-order chi connectivity index (χ1) is 16.5. The van der Waals surface area contributed by atoms with Crippen LogP contribution in [0.1, 0.15) is 53.1 Å². The van der Waals surface area contributed by atoms with E-state index >= 15 is 0 Å². The Morgan fingerprint density at radius 3 is 2.23 bits per heavy atom. The van der Waals surface area contributed by atoms with Crippen molar-refractivity contribution in [3.63, 3.8) is 0 Å². The van der Waals surface area contributed by atoms with E-state index in [0.717, 1.165) is 35.7 Å². The number of benzene rings is 2. The Balaban J connectivity index is 1.59. The van der Waals surface area contributed by atoms with Gasteiger partial charge in [0.2, 0.25) is 5.91 Å². The Kier molecular flexibility index (Phi) is 6.97. The summed E-state index contributed by atoms with van der Waals surface area (Å²) in [5, 5.41) is 3.72. The number of amides is 2. The topological polar surface area (TPSA) is 65.1 Å². The molecule has 1 saturated heterocycles. The highest BCUT2D eigenvalue weighted by Gasteiger charge is 2.38. The van der Waals surface area contributed by atoms with Crippen molar-refractivity contribution < 1.29 is 14.3 Å². The largest absolute Gasteiger partial charge is 0.444 e. The van der Waals surface area contributed by atoms with Crippen LogP contribution in [0.5, 0.6) is 0 Å². The molecule has 2 aliphatic heterocycles. The van der Waals surface area contributed by atoms with Crippen molar-refractivity contribution >= 4 is 29.1 Å². The number of hydrogen-bond acceptors (Lipinski definition) is 5. The molecule has 1 N–H and O–H groups in total. The number of nitrogens with one attached hydrogen (secondary N) is 1. The first kappa shape index (κ1) is 24.9. The van der Waals surface area contributed by atoms with Crippen LogP contribution in [0.25, 0.3) is 0 Å². The van der Waals surface area contributed by atoms with E-state index in [0.29, 0.717) is 13.1 Å². The van der Waals surface area contributed by atoms with Crippen molar-refractivity contribution in [3.8, 4) is 0 Å². The fourth-order valence-electron chi connectivity index (χ4n) is 5.08. The van der Waals surface area contributed by atoms with Crippen molar-refractivity contribution in [2.24, 2.45) is 5.92 Å². The molecule has 0 radical (unpaired) electrons. The minimum atomic E-state index is -0.496. The van der Waals surface area contributed by atoms with E-state index in [1.165, 1.54) is 0 Å². The number of rotatable bonds is 3. The van der Waals surface area contributed by atoms with Gasteiger partial charge < -0.3 is 24.8 Å². The molecule has 7 nitrogen and oxygen atoms in total. The lowest BCUT2D eigenvalue weighted by molar-refractivity contribution is -0.117. The lowest BCUT2D eigenvalue weighted by Crippen LogP contribution is -2.50. The molecule has 2 amide bonds. The molecule has 2 aromatic rings. The highest BCUT2D eigenvalue weighted by Crippen LogP contribution is 2.44. The van der Waals surface area contributed by atoms with Gasteiger partial charge in [-0.05, 0) is 58.0 Å². The first-order valence-corrected chi connectivity index (χ1v) is 12.5. The Morgan fingerprint density at radius 1 is 0.971 bits per heavy atom. The third kappa shape index (κ3) is 5.39. The number of nitrogens with zero attached hydrogens (tertiary/aromatic N) is 3. The van der Waals surface area contributed by atoms with Gasteiger partial charge in [-0.15, -0.1) is 0 Å². The highest BCUT2D eigenvalue weighted by atomic mass is 16.6. The van der Waals surface area contributed by atoms with Gasteiger partial charge in [0.1, 0.15) is 5.60 Å². The zero-order valence-corrected chi connectivity index (χ0v) is 21.7. The quantitative estimate of drug-likeness (QED) is 0.650. The molecule has 2 aliphatic rings. The van der Waals surface area contributed by atoms with E-state index in [4.69, 9.17) is 4.74 Å². The van der Waals surface area contributed by atoms with Crippen LogP contribution >= 0.6 is 0 Å². The lowest BCUT2D eigenvalue weighted by Gasteiger charge is -2.45. The monoisotopic (exact) mass is 478 g/mol. The molecule has 4 rings (SSSR count). The van der Waals surface area contributed by atoms with Gasteiger partial charge >= 0.3 is 6.09 Å². The number of carbonyl (C=O) groups excluding carboxylic acids is 2. The number of hydrogen-bond donors (Lipinski definition) is 1. The van der Waals surface area contributed by atoms with E-state index in [-0.39, 0.29) is 30.0 Å². The molecule has 2 unspecified atom stereocenters. The Bertz CT molecular complexity index is 1060. The van der Waals surface area contributed by atoms with Crippen molar-refractivity contribution in [2.45, 2.75) is 59.2 Å². The second-order valence-corrected chi connectivity index (χ2v) is 10.7. The second kappa shape index (κ2) is 9.80. The predicted octanol–water partition coefficient (Wildman–Crippen LogP) is 5.29. The zero-order valence-electron chi connectivity index (χ0n) is 21.7. The molecule has 0 aliphatic carbocycles. The average Bonchev–Trinajstić information content (AvgIpc) is 2.81. The summed E-state index contributed by atoms with van der Waals surface area (Å²) in [6.07, 6.45) is -0.255. The summed E-state index contributed by atoms with van der Waals surface area (Å²) in [7, 11) is 0. The van der Waals surface area contributed by atoms with E-state index in [2.05, 4.69) is 54.4 Å². The van der Waals surface area contributed by atoms with Crippen LogP contribution < -0.4 is 15.1 Å². The molecular weight excluding hydrogens is 440 g/mol. The van der Waals surface area contributed by atoms with Gasteiger partial charge in [0, 0.05) is 67.7 Å². The normalized spacial score (nSPS) is 22.5. The maximum absolute atomic E-state index is 12.6. The van der Waals surface area contributed by atoms with Crippen molar-refractivity contribution in [3.05, 3.63) is 54.1 Å². The lowest BCUT2D eigenvalue weighted by atomic mass is 9.82. The molecule has 188 valence electrons. The standard InChI is InChI=1S/C28H38N4O3/c1-19-20(2)32(21(3)33)25-13-12-23(18-24(25)26(19)29-22-10-8-7-9-11-22)30-14-16-31(17-15-30)27(34)35-28(4,5)6/h7-13,18-20,26,29H,14-17H2,1-6H3/t19?,20-,26?/m0/s1. The number of piperazine rings is 1. The molecule has 2 aromatic carbocycles. The number of ether oxygens (including phenoxy) is 1. The minimum Gasteiger partial charge on any atom is -0.444 e. The van der Waals surface area contributed by atoms with Crippen LogP contribution in [0.4, 0.5) is 21.9 Å². The van der Waals surface area contributed by atoms with Crippen molar-refractivity contribution in [1.29, 1.82) is 0 Å². The first-order valence-electron chi connectivity index (χ1n) is 12.5. The van der Waals surface area contributed by atoms with Crippen molar-refractivity contribution in [1.82, 2.24) is 4.90 Å². The number of anilines is 3. The summed E-state index contributed by atoms with van der Waals surface area (Å²) in [6.45, 7) is 14.3. The average molecular weight is 479 g/mol. The van der Waals surface area contributed by atoms with Crippen LogP contribution in [-0.2, 0) is 9.53 Å². The number of para-hydroxylation sites is 1.